The van der Waals surface area contributed by atoms with Crippen molar-refractivity contribution in [2.75, 3.05) is 0 Å². The molecule has 0 saturated carbocycles. The fourth-order valence-electron chi connectivity index (χ4n) is 2.02. The van der Waals surface area contributed by atoms with Gasteiger partial charge in [-0.15, -0.1) is 0 Å². The highest BCUT2D eigenvalue weighted by Crippen LogP contribution is 2.19. The van der Waals surface area contributed by atoms with Crippen LogP contribution in [0.2, 0.25) is 0 Å². The maximum atomic E-state index is 11.1. The minimum absolute atomic E-state index is 0.105. The summed E-state index contributed by atoms with van der Waals surface area (Å²) in [5.74, 6) is 0. The van der Waals surface area contributed by atoms with Gasteiger partial charge in [0, 0.05) is 6.04 Å². The summed E-state index contributed by atoms with van der Waals surface area (Å²) in [6.45, 7) is 2.00. The van der Waals surface area contributed by atoms with E-state index in [1.807, 2.05) is 31.2 Å². The Morgan fingerprint density at radius 3 is 2.40 bits per heavy atom. The van der Waals surface area contributed by atoms with Crippen LogP contribution in [-0.4, -0.2) is 13.0 Å². The molecule has 0 bridgehead atoms. The van der Waals surface area contributed by atoms with E-state index in [1.54, 1.807) is 12.1 Å². The van der Waals surface area contributed by atoms with Gasteiger partial charge in [-0.1, -0.05) is 42.0 Å². The minimum Gasteiger partial charge on any atom is -0.324 e. The standard InChI is InChI=1S/C15H17NO3S/c1-11-5-7-13(8-6-11)15(16)10-12-3-2-4-14(9-12)20(17,18)19/h2-9,15H,10,16H2,1H3,(H,17,18,19). The summed E-state index contributed by atoms with van der Waals surface area (Å²) in [4.78, 5) is -0.105. The van der Waals surface area contributed by atoms with Crippen molar-refractivity contribution in [2.45, 2.75) is 24.3 Å². The number of hydrogen-bond acceptors (Lipinski definition) is 3. The van der Waals surface area contributed by atoms with E-state index in [0.29, 0.717) is 6.42 Å². The molecule has 4 nitrogen and oxygen atoms in total. The largest absolute Gasteiger partial charge is 0.324 e. The Kier molecular flexibility index (Phi) is 4.23. The van der Waals surface area contributed by atoms with Gasteiger partial charge in [0.05, 0.1) is 4.90 Å². The van der Waals surface area contributed by atoms with Gasteiger partial charge in [0.25, 0.3) is 10.1 Å². The van der Waals surface area contributed by atoms with Crippen LogP contribution in [0.25, 0.3) is 0 Å². The highest BCUT2D eigenvalue weighted by molar-refractivity contribution is 7.85. The van der Waals surface area contributed by atoms with Crippen molar-refractivity contribution in [3.05, 3.63) is 65.2 Å². The molecule has 0 amide bonds. The van der Waals surface area contributed by atoms with E-state index < -0.39 is 10.1 Å². The molecule has 106 valence electrons. The summed E-state index contributed by atoms with van der Waals surface area (Å²) in [6.07, 6.45) is 0.506. The maximum Gasteiger partial charge on any atom is 0.294 e. The Morgan fingerprint density at radius 2 is 1.80 bits per heavy atom. The second kappa shape index (κ2) is 5.75. The average molecular weight is 291 g/mol. The molecule has 5 heteroatoms. The van der Waals surface area contributed by atoms with Gasteiger partial charge in [0.2, 0.25) is 0 Å². The molecule has 3 N–H and O–H groups in total. The van der Waals surface area contributed by atoms with Crippen LogP contribution in [0.4, 0.5) is 0 Å². The fourth-order valence-corrected chi connectivity index (χ4v) is 2.57. The van der Waals surface area contributed by atoms with Crippen molar-refractivity contribution >= 4 is 10.1 Å². The topological polar surface area (TPSA) is 80.4 Å². The third-order valence-corrected chi connectivity index (χ3v) is 4.01. The highest BCUT2D eigenvalue weighted by atomic mass is 32.2. The third-order valence-electron chi connectivity index (χ3n) is 3.16. The van der Waals surface area contributed by atoms with Crippen molar-refractivity contribution in [3.8, 4) is 0 Å². The molecule has 1 atom stereocenters. The molecule has 0 aliphatic heterocycles. The predicted octanol–water partition coefficient (Wildman–Crippen LogP) is 2.48. The van der Waals surface area contributed by atoms with Gasteiger partial charge in [-0.05, 0) is 36.6 Å². The van der Waals surface area contributed by atoms with Crippen molar-refractivity contribution in [1.82, 2.24) is 0 Å². The van der Waals surface area contributed by atoms with Gasteiger partial charge in [-0.2, -0.15) is 8.42 Å². The third kappa shape index (κ3) is 3.66. The van der Waals surface area contributed by atoms with Crippen molar-refractivity contribution in [3.63, 3.8) is 0 Å². The van der Waals surface area contributed by atoms with Gasteiger partial charge in [-0.3, -0.25) is 4.55 Å². The van der Waals surface area contributed by atoms with Crippen LogP contribution in [-0.2, 0) is 16.5 Å². The van der Waals surface area contributed by atoms with Crippen LogP contribution < -0.4 is 5.73 Å². The molecular weight excluding hydrogens is 274 g/mol. The van der Waals surface area contributed by atoms with Crippen LogP contribution in [0.1, 0.15) is 22.7 Å². The Labute approximate surface area is 119 Å². The van der Waals surface area contributed by atoms with E-state index in [1.165, 1.54) is 12.1 Å². The summed E-state index contributed by atoms with van der Waals surface area (Å²) in [6, 6.07) is 13.9. The number of hydrogen-bond donors (Lipinski definition) is 2. The lowest BCUT2D eigenvalue weighted by molar-refractivity contribution is 0.483. The van der Waals surface area contributed by atoms with E-state index in [0.717, 1.165) is 16.7 Å². The summed E-state index contributed by atoms with van der Waals surface area (Å²) >= 11 is 0. The molecule has 20 heavy (non-hydrogen) atoms. The Hall–Kier alpha value is -1.69. The molecule has 0 aromatic heterocycles. The molecule has 2 aromatic carbocycles. The fraction of sp³-hybridized carbons (Fsp3) is 0.200. The molecular formula is C15H17NO3S. The van der Waals surface area contributed by atoms with Gasteiger partial charge >= 0.3 is 0 Å². The van der Waals surface area contributed by atoms with E-state index in [-0.39, 0.29) is 10.9 Å². The smallest absolute Gasteiger partial charge is 0.294 e. The highest BCUT2D eigenvalue weighted by Gasteiger charge is 2.12. The zero-order valence-electron chi connectivity index (χ0n) is 11.2. The summed E-state index contributed by atoms with van der Waals surface area (Å²) < 4.78 is 31.2. The molecule has 1 unspecified atom stereocenters. The molecule has 0 saturated heterocycles. The van der Waals surface area contributed by atoms with Gasteiger partial charge in [0.15, 0.2) is 0 Å². The molecule has 2 aromatic rings. The van der Waals surface area contributed by atoms with Crippen molar-refractivity contribution in [2.24, 2.45) is 5.73 Å². The molecule has 0 radical (unpaired) electrons. The lowest BCUT2D eigenvalue weighted by atomic mass is 9.99. The van der Waals surface area contributed by atoms with Gasteiger partial charge < -0.3 is 5.73 Å². The maximum absolute atomic E-state index is 11.1. The van der Waals surface area contributed by atoms with Crippen LogP contribution in [0.3, 0.4) is 0 Å². The van der Waals surface area contributed by atoms with E-state index in [4.69, 9.17) is 10.3 Å². The summed E-state index contributed by atoms with van der Waals surface area (Å²) in [5, 5.41) is 0. The summed E-state index contributed by atoms with van der Waals surface area (Å²) in [7, 11) is -4.17. The quantitative estimate of drug-likeness (QED) is 0.848. The van der Waals surface area contributed by atoms with Crippen LogP contribution >= 0.6 is 0 Å². The van der Waals surface area contributed by atoms with Gasteiger partial charge in [0.1, 0.15) is 0 Å². The van der Waals surface area contributed by atoms with E-state index >= 15 is 0 Å². The molecule has 0 heterocycles. The first kappa shape index (κ1) is 14.7. The monoisotopic (exact) mass is 291 g/mol. The van der Waals surface area contributed by atoms with Crippen molar-refractivity contribution < 1.29 is 13.0 Å². The molecule has 0 aliphatic carbocycles. The molecule has 0 fully saturated rings. The number of rotatable bonds is 4. The minimum atomic E-state index is -4.17. The number of benzene rings is 2. The zero-order valence-corrected chi connectivity index (χ0v) is 12.0. The zero-order chi connectivity index (χ0) is 14.8. The Morgan fingerprint density at radius 1 is 1.15 bits per heavy atom. The Balaban J connectivity index is 2.20. The summed E-state index contributed by atoms with van der Waals surface area (Å²) in [5.41, 5.74) is 9.05. The first-order valence-corrected chi connectivity index (χ1v) is 7.69. The predicted molar refractivity (Wildman–Crippen MR) is 78.1 cm³/mol. The Bertz CT molecular complexity index is 693. The average Bonchev–Trinajstić information content (AvgIpc) is 2.38. The second-order valence-electron chi connectivity index (χ2n) is 4.84. The SMILES string of the molecule is Cc1ccc(C(N)Cc2cccc(S(=O)(=O)O)c2)cc1. The van der Waals surface area contributed by atoms with E-state index in [2.05, 4.69) is 0 Å². The first-order chi connectivity index (χ1) is 9.36. The molecule has 0 spiro atoms. The van der Waals surface area contributed by atoms with Crippen molar-refractivity contribution in [1.29, 1.82) is 0 Å². The van der Waals surface area contributed by atoms with Crippen LogP contribution in [0.5, 0.6) is 0 Å². The molecule has 2 rings (SSSR count). The van der Waals surface area contributed by atoms with Crippen LogP contribution in [0.15, 0.2) is 53.4 Å². The molecule has 0 aliphatic rings. The van der Waals surface area contributed by atoms with Gasteiger partial charge in [-0.25, -0.2) is 0 Å². The lowest BCUT2D eigenvalue weighted by Crippen LogP contribution is -2.13. The van der Waals surface area contributed by atoms with Crippen LogP contribution in [0, 0.1) is 6.92 Å². The lowest BCUT2D eigenvalue weighted by Gasteiger charge is -2.13. The first-order valence-electron chi connectivity index (χ1n) is 6.25. The number of nitrogens with two attached hydrogens (primary N) is 1. The van der Waals surface area contributed by atoms with E-state index in [9.17, 15) is 8.42 Å². The second-order valence-corrected chi connectivity index (χ2v) is 6.27. The number of aryl methyl sites for hydroxylation is 1. The normalized spacial score (nSPS) is 13.2.